The Morgan fingerprint density at radius 1 is 1.32 bits per heavy atom. The summed E-state index contributed by atoms with van der Waals surface area (Å²) in [5, 5.41) is 4.06. The molecule has 25 heavy (non-hydrogen) atoms. The molecule has 4 rings (SSSR count). The Morgan fingerprint density at radius 3 is 2.96 bits per heavy atom. The lowest BCUT2D eigenvalue weighted by Crippen LogP contribution is -2.40. The molecule has 0 unspecified atom stereocenters. The maximum Gasteiger partial charge on any atom is 0.231 e. The van der Waals surface area contributed by atoms with Gasteiger partial charge in [0.25, 0.3) is 0 Å². The van der Waals surface area contributed by atoms with Gasteiger partial charge in [-0.15, -0.1) is 0 Å². The number of rotatable bonds is 5. The van der Waals surface area contributed by atoms with Gasteiger partial charge in [0.1, 0.15) is 0 Å². The molecule has 0 bridgehead atoms. The van der Waals surface area contributed by atoms with Gasteiger partial charge in [-0.1, -0.05) is 42.4 Å². The largest absolute Gasteiger partial charge is 0.342 e. The van der Waals surface area contributed by atoms with Crippen molar-refractivity contribution in [3.8, 4) is 0 Å². The van der Waals surface area contributed by atoms with Gasteiger partial charge in [-0.3, -0.25) is 4.79 Å². The van der Waals surface area contributed by atoms with Gasteiger partial charge in [-0.2, -0.15) is 4.98 Å². The third-order valence-corrected chi connectivity index (χ3v) is 5.38. The van der Waals surface area contributed by atoms with Crippen molar-refractivity contribution in [3.05, 3.63) is 47.6 Å². The van der Waals surface area contributed by atoms with Crippen molar-refractivity contribution in [2.75, 3.05) is 13.1 Å². The molecule has 1 amide bonds. The highest BCUT2D eigenvalue weighted by molar-refractivity contribution is 5.83. The molecule has 1 aromatic carbocycles. The normalized spacial score (nSPS) is 25.8. The number of aromatic nitrogens is 2. The number of hydrogen-bond acceptors (Lipinski definition) is 4. The first kappa shape index (κ1) is 16.3. The summed E-state index contributed by atoms with van der Waals surface area (Å²) < 4.78 is 5.45. The minimum atomic E-state index is 0.152. The third-order valence-electron chi connectivity index (χ3n) is 5.38. The molecule has 5 nitrogen and oxygen atoms in total. The van der Waals surface area contributed by atoms with Crippen molar-refractivity contribution in [3.63, 3.8) is 0 Å². The average Bonchev–Trinajstić information content (AvgIpc) is 3.33. The molecule has 1 saturated heterocycles. The van der Waals surface area contributed by atoms with E-state index in [-0.39, 0.29) is 11.8 Å². The Morgan fingerprint density at radius 2 is 2.16 bits per heavy atom. The van der Waals surface area contributed by atoms with Crippen molar-refractivity contribution in [1.82, 2.24) is 15.0 Å². The highest BCUT2D eigenvalue weighted by Crippen LogP contribution is 2.48. The number of hydrogen-bond donors (Lipinski definition) is 0. The first-order valence-electron chi connectivity index (χ1n) is 9.42. The summed E-state index contributed by atoms with van der Waals surface area (Å²) in [6.45, 7) is 3.67. The van der Waals surface area contributed by atoms with Crippen LogP contribution in [-0.4, -0.2) is 34.0 Å². The van der Waals surface area contributed by atoms with E-state index in [1.54, 1.807) is 0 Å². The molecule has 2 aromatic rings. The average molecular weight is 339 g/mol. The van der Waals surface area contributed by atoms with E-state index in [0.29, 0.717) is 24.3 Å². The number of carbonyl (C=O) groups is 1. The second kappa shape index (κ2) is 6.98. The zero-order chi connectivity index (χ0) is 17.2. The van der Waals surface area contributed by atoms with Crippen LogP contribution in [0.25, 0.3) is 0 Å². The third kappa shape index (κ3) is 3.46. The van der Waals surface area contributed by atoms with Crippen LogP contribution < -0.4 is 0 Å². The van der Waals surface area contributed by atoms with Crippen LogP contribution in [0.15, 0.2) is 34.9 Å². The number of likely N-dealkylation sites (tertiary alicyclic amines) is 1. The van der Waals surface area contributed by atoms with Crippen LogP contribution in [0.1, 0.15) is 61.7 Å². The molecule has 5 heteroatoms. The van der Waals surface area contributed by atoms with E-state index in [2.05, 4.69) is 41.3 Å². The van der Waals surface area contributed by atoms with Gasteiger partial charge in [0.15, 0.2) is 5.82 Å². The van der Waals surface area contributed by atoms with E-state index in [1.165, 1.54) is 5.56 Å². The van der Waals surface area contributed by atoms with Crippen molar-refractivity contribution in [2.45, 2.75) is 50.9 Å². The standard InChI is InChI=1S/C20H25N3O2/c1-2-7-18-21-19(25-22-18)15-10-6-11-23(13-15)20(24)17-12-16(17)14-8-4-3-5-9-14/h3-5,8-9,15-17H,2,6-7,10-13H2,1H3/t15-,16-,17+/m1/s1. The first-order valence-corrected chi connectivity index (χ1v) is 9.42. The lowest BCUT2D eigenvalue weighted by Gasteiger charge is -2.31. The summed E-state index contributed by atoms with van der Waals surface area (Å²) in [5.74, 6) is 2.52. The fraction of sp³-hybridized carbons (Fsp3) is 0.550. The van der Waals surface area contributed by atoms with Gasteiger partial charge < -0.3 is 9.42 Å². The molecule has 2 fully saturated rings. The van der Waals surface area contributed by atoms with Crippen molar-refractivity contribution in [1.29, 1.82) is 0 Å². The summed E-state index contributed by atoms with van der Waals surface area (Å²) >= 11 is 0. The topological polar surface area (TPSA) is 59.2 Å². The fourth-order valence-corrected chi connectivity index (χ4v) is 3.91. The zero-order valence-corrected chi connectivity index (χ0v) is 14.7. The Labute approximate surface area is 148 Å². The monoisotopic (exact) mass is 339 g/mol. The molecular formula is C20H25N3O2. The fourth-order valence-electron chi connectivity index (χ4n) is 3.91. The molecule has 1 aliphatic heterocycles. The summed E-state index contributed by atoms with van der Waals surface area (Å²) in [6, 6.07) is 10.4. The van der Waals surface area contributed by atoms with Gasteiger partial charge in [0.05, 0.1) is 5.92 Å². The van der Waals surface area contributed by atoms with Crippen LogP contribution in [0.2, 0.25) is 0 Å². The van der Waals surface area contributed by atoms with Crippen molar-refractivity contribution < 1.29 is 9.32 Å². The summed E-state index contributed by atoms with van der Waals surface area (Å²) in [6.07, 6.45) is 4.86. The number of benzene rings is 1. The molecule has 3 atom stereocenters. The van der Waals surface area contributed by atoms with Crippen LogP contribution in [0, 0.1) is 5.92 Å². The summed E-state index contributed by atoms with van der Waals surface area (Å²) in [4.78, 5) is 19.4. The number of aryl methyl sites for hydroxylation is 1. The maximum absolute atomic E-state index is 12.9. The van der Waals surface area contributed by atoms with Crippen LogP contribution in [0.5, 0.6) is 0 Å². The molecule has 0 radical (unpaired) electrons. The lowest BCUT2D eigenvalue weighted by atomic mass is 9.97. The van der Waals surface area contributed by atoms with E-state index < -0.39 is 0 Å². The van der Waals surface area contributed by atoms with Gasteiger partial charge in [0, 0.05) is 25.4 Å². The minimum absolute atomic E-state index is 0.152. The molecular weight excluding hydrogens is 314 g/mol. The minimum Gasteiger partial charge on any atom is -0.342 e. The number of carbonyl (C=O) groups excluding carboxylic acids is 1. The van der Waals surface area contributed by atoms with Gasteiger partial charge in [-0.25, -0.2) is 0 Å². The second-order valence-corrected chi connectivity index (χ2v) is 7.28. The number of piperidine rings is 1. The Balaban J connectivity index is 1.39. The predicted molar refractivity (Wildman–Crippen MR) is 94.1 cm³/mol. The van der Waals surface area contributed by atoms with Crippen LogP contribution in [0.3, 0.4) is 0 Å². The zero-order valence-electron chi connectivity index (χ0n) is 14.7. The van der Waals surface area contributed by atoms with Gasteiger partial charge >= 0.3 is 0 Å². The Hall–Kier alpha value is -2.17. The second-order valence-electron chi connectivity index (χ2n) is 7.28. The molecule has 0 N–H and O–H groups in total. The van der Waals surface area contributed by atoms with Crippen molar-refractivity contribution >= 4 is 5.91 Å². The van der Waals surface area contributed by atoms with E-state index in [4.69, 9.17) is 4.52 Å². The van der Waals surface area contributed by atoms with Crippen molar-refractivity contribution in [2.24, 2.45) is 5.92 Å². The molecule has 1 aromatic heterocycles. The summed E-state index contributed by atoms with van der Waals surface area (Å²) in [5.41, 5.74) is 1.29. The quantitative estimate of drug-likeness (QED) is 0.836. The van der Waals surface area contributed by atoms with E-state index in [0.717, 1.165) is 44.5 Å². The van der Waals surface area contributed by atoms with Crippen LogP contribution in [-0.2, 0) is 11.2 Å². The first-order chi connectivity index (χ1) is 12.3. The highest BCUT2D eigenvalue weighted by Gasteiger charge is 2.46. The maximum atomic E-state index is 12.9. The van der Waals surface area contributed by atoms with E-state index in [9.17, 15) is 4.79 Å². The van der Waals surface area contributed by atoms with Crippen LogP contribution >= 0.6 is 0 Å². The molecule has 2 heterocycles. The van der Waals surface area contributed by atoms with Gasteiger partial charge in [0.2, 0.25) is 11.8 Å². The molecule has 0 spiro atoms. The van der Waals surface area contributed by atoms with Crippen LogP contribution in [0.4, 0.5) is 0 Å². The smallest absolute Gasteiger partial charge is 0.231 e. The number of nitrogens with zero attached hydrogens (tertiary/aromatic N) is 3. The van der Waals surface area contributed by atoms with E-state index in [1.807, 2.05) is 11.0 Å². The molecule has 2 aliphatic rings. The predicted octanol–water partition coefficient (Wildman–Crippen LogP) is 3.53. The molecule has 1 saturated carbocycles. The van der Waals surface area contributed by atoms with Gasteiger partial charge in [-0.05, 0) is 37.2 Å². The Bertz CT molecular complexity index is 728. The molecule has 1 aliphatic carbocycles. The highest BCUT2D eigenvalue weighted by atomic mass is 16.5. The molecule has 132 valence electrons. The number of amides is 1. The summed E-state index contributed by atoms with van der Waals surface area (Å²) in [7, 11) is 0. The SMILES string of the molecule is CCCc1noc([C@@H]2CCCN(C(=O)[C@H]3C[C@@H]3c3ccccc3)C2)n1. The van der Waals surface area contributed by atoms with E-state index >= 15 is 0 Å². The Kier molecular flexibility index (Phi) is 4.55. The lowest BCUT2D eigenvalue weighted by molar-refractivity contribution is -0.134.